The Morgan fingerprint density at radius 3 is 2.08 bits per heavy atom. The number of ether oxygens (including phenoxy) is 1. The van der Waals surface area contributed by atoms with E-state index in [9.17, 15) is 0 Å². The third-order valence-corrected chi connectivity index (χ3v) is 2.51. The summed E-state index contributed by atoms with van der Waals surface area (Å²) in [6, 6.07) is 0.194. The van der Waals surface area contributed by atoms with Gasteiger partial charge in [-0.05, 0) is 19.3 Å². The second kappa shape index (κ2) is 6.44. The number of hydrogen-bond donors (Lipinski definition) is 1. The van der Waals surface area contributed by atoms with Crippen molar-refractivity contribution < 1.29 is 4.74 Å². The van der Waals surface area contributed by atoms with E-state index in [4.69, 9.17) is 10.5 Å². The summed E-state index contributed by atoms with van der Waals surface area (Å²) in [5.74, 6) is 0.557. The van der Waals surface area contributed by atoms with Crippen LogP contribution < -0.4 is 5.73 Å². The summed E-state index contributed by atoms with van der Waals surface area (Å²) >= 11 is 0. The molecule has 2 heteroatoms. The van der Waals surface area contributed by atoms with Gasteiger partial charge >= 0.3 is 0 Å². The minimum Gasteiger partial charge on any atom is -0.377 e. The molecule has 0 aliphatic carbocycles. The zero-order chi connectivity index (χ0) is 9.56. The highest BCUT2D eigenvalue weighted by atomic mass is 16.5. The minimum atomic E-state index is 0.194. The van der Waals surface area contributed by atoms with Crippen LogP contribution in [-0.4, -0.2) is 18.8 Å². The molecule has 3 atom stereocenters. The van der Waals surface area contributed by atoms with Crippen molar-refractivity contribution in [2.24, 2.45) is 11.7 Å². The summed E-state index contributed by atoms with van der Waals surface area (Å²) in [6.45, 7) is 9.27. The average molecular weight is 173 g/mol. The Morgan fingerprint density at radius 2 is 1.75 bits per heavy atom. The molecule has 74 valence electrons. The van der Waals surface area contributed by atoms with Gasteiger partial charge in [0.2, 0.25) is 0 Å². The van der Waals surface area contributed by atoms with E-state index in [1.54, 1.807) is 0 Å². The van der Waals surface area contributed by atoms with E-state index in [1.807, 2.05) is 6.92 Å². The summed E-state index contributed by atoms with van der Waals surface area (Å²) in [7, 11) is 0. The lowest BCUT2D eigenvalue weighted by molar-refractivity contribution is 0.0283. The summed E-state index contributed by atoms with van der Waals surface area (Å²) in [5, 5.41) is 0. The predicted molar refractivity (Wildman–Crippen MR) is 53.1 cm³/mol. The Labute approximate surface area is 76.5 Å². The standard InChI is InChI=1S/C10H23NO/c1-5-8(4)10(11)9(6-2)12-7-3/h8-10H,5-7,11H2,1-4H3. The molecule has 3 unspecified atom stereocenters. The molecule has 2 N–H and O–H groups in total. The molecule has 0 heterocycles. The van der Waals surface area contributed by atoms with Gasteiger partial charge in [-0.25, -0.2) is 0 Å². The van der Waals surface area contributed by atoms with Gasteiger partial charge in [0.15, 0.2) is 0 Å². The van der Waals surface area contributed by atoms with E-state index in [0.29, 0.717) is 5.92 Å². The van der Waals surface area contributed by atoms with Gasteiger partial charge in [0.25, 0.3) is 0 Å². The van der Waals surface area contributed by atoms with Crippen molar-refractivity contribution in [3.05, 3.63) is 0 Å². The molecule has 0 aromatic carbocycles. The van der Waals surface area contributed by atoms with E-state index in [1.165, 1.54) is 0 Å². The van der Waals surface area contributed by atoms with Crippen molar-refractivity contribution in [1.29, 1.82) is 0 Å². The zero-order valence-electron chi connectivity index (χ0n) is 8.84. The highest BCUT2D eigenvalue weighted by Crippen LogP contribution is 2.13. The van der Waals surface area contributed by atoms with Gasteiger partial charge in [-0.1, -0.05) is 27.2 Å². The summed E-state index contributed by atoms with van der Waals surface area (Å²) in [6.07, 6.45) is 2.38. The molecule has 0 amide bonds. The van der Waals surface area contributed by atoms with Crippen LogP contribution in [0.4, 0.5) is 0 Å². The fourth-order valence-electron chi connectivity index (χ4n) is 1.35. The van der Waals surface area contributed by atoms with Gasteiger partial charge in [-0.15, -0.1) is 0 Å². The summed E-state index contributed by atoms with van der Waals surface area (Å²) in [5.41, 5.74) is 6.04. The molecule has 0 aromatic rings. The fourth-order valence-corrected chi connectivity index (χ4v) is 1.35. The first-order valence-corrected chi connectivity index (χ1v) is 5.04. The number of nitrogens with two attached hydrogens (primary N) is 1. The molecule has 0 fully saturated rings. The number of hydrogen-bond acceptors (Lipinski definition) is 2. The third-order valence-electron chi connectivity index (χ3n) is 2.51. The van der Waals surface area contributed by atoms with Crippen LogP contribution in [0.15, 0.2) is 0 Å². The van der Waals surface area contributed by atoms with E-state index in [2.05, 4.69) is 20.8 Å². The van der Waals surface area contributed by atoms with E-state index >= 15 is 0 Å². The molecule has 0 aliphatic rings. The molecule has 12 heavy (non-hydrogen) atoms. The molecule has 0 bridgehead atoms. The highest BCUT2D eigenvalue weighted by Gasteiger charge is 2.20. The van der Waals surface area contributed by atoms with Crippen LogP contribution in [0.3, 0.4) is 0 Å². The first-order chi connectivity index (χ1) is 5.67. The zero-order valence-corrected chi connectivity index (χ0v) is 8.84. The van der Waals surface area contributed by atoms with E-state index in [-0.39, 0.29) is 12.1 Å². The minimum absolute atomic E-state index is 0.194. The van der Waals surface area contributed by atoms with Gasteiger partial charge < -0.3 is 10.5 Å². The second-order valence-electron chi connectivity index (χ2n) is 3.36. The van der Waals surface area contributed by atoms with Gasteiger partial charge in [0, 0.05) is 12.6 Å². The van der Waals surface area contributed by atoms with Gasteiger partial charge in [-0.2, -0.15) is 0 Å². The molecular formula is C10H23NO. The van der Waals surface area contributed by atoms with Crippen LogP contribution in [0.1, 0.15) is 40.5 Å². The van der Waals surface area contributed by atoms with Crippen molar-refractivity contribution in [2.75, 3.05) is 6.61 Å². The van der Waals surface area contributed by atoms with Crippen LogP contribution in [0.5, 0.6) is 0 Å². The second-order valence-corrected chi connectivity index (χ2v) is 3.36. The third kappa shape index (κ3) is 3.55. The maximum atomic E-state index is 6.04. The summed E-state index contributed by atoms with van der Waals surface area (Å²) in [4.78, 5) is 0. The Morgan fingerprint density at radius 1 is 1.17 bits per heavy atom. The Balaban J connectivity index is 3.91. The molecule has 0 saturated heterocycles. The van der Waals surface area contributed by atoms with Gasteiger partial charge in [-0.3, -0.25) is 0 Å². The predicted octanol–water partition coefficient (Wildman–Crippen LogP) is 2.17. The van der Waals surface area contributed by atoms with E-state index in [0.717, 1.165) is 19.4 Å². The lowest BCUT2D eigenvalue weighted by Gasteiger charge is -2.26. The lowest BCUT2D eigenvalue weighted by atomic mass is 9.94. The molecule has 0 spiro atoms. The molecule has 0 radical (unpaired) electrons. The SMILES string of the molecule is CCOC(CC)C(N)C(C)CC. The molecular weight excluding hydrogens is 150 g/mol. The first kappa shape index (κ1) is 11.9. The molecule has 0 aliphatic heterocycles. The van der Waals surface area contributed by atoms with Gasteiger partial charge in [0.05, 0.1) is 6.10 Å². The smallest absolute Gasteiger partial charge is 0.0725 e. The fraction of sp³-hybridized carbons (Fsp3) is 1.00. The van der Waals surface area contributed by atoms with Crippen LogP contribution in [0.2, 0.25) is 0 Å². The quantitative estimate of drug-likeness (QED) is 0.668. The normalized spacial score (nSPS) is 18.8. The van der Waals surface area contributed by atoms with Gasteiger partial charge in [0.1, 0.15) is 0 Å². The van der Waals surface area contributed by atoms with Crippen LogP contribution >= 0.6 is 0 Å². The van der Waals surface area contributed by atoms with Crippen molar-refractivity contribution >= 4 is 0 Å². The van der Waals surface area contributed by atoms with Crippen molar-refractivity contribution in [2.45, 2.75) is 52.7 Å². The Hall–Kier alpha value is -0.0800. The first-order valence-electron chi connectivity index (χ1n) is 5.04. The highest BCUT2D eigenvalue weighted by molar-refractivity contribution is 4.76. The van der Waals surface area contributed by atoms with Crippen LogP contribution in [-0.2, 0) is 4.74 Å². The molecule has 2 nitrogen and oxygen atoms in total. The van der Waals surface area contributed by atoms with Crippen LogP contribution in [0.25, 0.3) is 0 Å². The average Bonchev–Trinajstić information content (AvgIpc) is 2.11. The maximum Gasteiger partial charge on any atom is 0.0725 e. The maximum absolute atomic E-state index is 6.04. The Kier molecular flexibility index (Phi) is 6.39. The molecule has 0 rings (SSSR count). The van der Waals surface area contributed by atoms with E-state index < -0.39 is 0 Å². The van der Waals surface area contributed by atoms with Crippen molar-refractivity contribution in [1.82, 2.24) is 0 Å². The molecule has 0 aromatic heterocycles. The number of rotatable bonds is 6. The monoisotopic (exact) mass is 173 g/mol. The Bertz CT molecular complexity index is 106. The largest absolute Gasteiger partial charge is 0.377 e. The molecule has 0 saturated carbocycles. The van der Waals surface area contributed by atoms with Crippen LogP contribution in [0, 0.1) is 5.92 Å². The van der Waals surface area contributed by atoms with Crippen molar-refractivity contribution in [3.63, 3.8) is 0 Å². The lowest BCUT2D eigenvalue weighted by Crippen LogP contribution is -2.41. The summed E-state index contributed by atoms with van der Waals surface area (Å²) < 4.78 is 5.55. The topological polar surface area (TPSA) is 35.2 Å². The van der Waals surface area contributed by atoms with Crippen molar-refractivity contribution in [3.8, 4) is 0 Å².